The second-order valence-electron chi connectivity index (χ2n) is 7.34. The summed E-state index contributed by atoms with van der Waals surface area (Å²) in [7, 11) is 1.70. The van der Waals surface area contributed by atoms with Crippen molar-refractivity contribution >= 4 is 17.3 Å². The Morgan fingerprint density at radius 2 is 2.00 bits per heavy atom. The van der Waals surface area contributed by atoms with Gasteiger partial charge in [0.15, 0.2) is 5.96 Å². The van der Waals surface area contributed by atoms with Crippen molar-refractivity contribution in [3.8, 4) is 11.5 Å². The molecule has 0 bridgehead atoms. The first-order valence-electron chi connectivity index (χ1n) is 9.76. The lowest BCUT2D eigenvalue weighted by Gasteiger charge is -2.19. The van der Waals surface area contributed by atoms with Crippen molar-refractivity contribution in [3.05, 3.63) is 48.5 Å². The van der Waals surface area contributed by atoms with Gasteiger partial charge in [-0.2, -0.15) is 0 Å². The maximum Gasteiger partial charge on any atom is 0.193 e. The number of hydrogen-bond acceptors (Lipinski definition) is 4. The summed E-state index contributed by atoms with van der Waals surface area (Å²) in [6.07, 6.45) is 1.27. The summed E-state index contributed by atoms with van der Waals surface area (Å²) in [5, 5.41) is 3.15. The Kier molecular flexibility index (Phi) is 6.63. The molecular weight excluding hydrogens is 352 g/mol. The van der Waals surface area contributed by atoms with Crippen LogP contribution in [0.25, 0.3) is 0 Å². The highest BCUT2D eigenvalue weighted by atomic mass is 16.5. The highest BCUT2D eigenvalue weighted by molar-refractivity contribution is 5.92. The van der Waals surface area contributed by atoms with Gasteiger partial charge < -0.3 is 25.4 Å². The molecule has 6 heteroatoms. The zero-order chi connectivity index (χ0) is 19.9. The molecule has 0 spiro atoms. The molecule has 1 unspecified atom stereocenters. The Morgan fingerprint density at radius 3 is 2.71 bits per heavy atom. The predicted molar refractivity (Wildman–Crippen MR) is 116 cm³/mol. The number of nitrogens with two attached hydrogens (primary N) is 1. The molecule has 0 saturated carbocycles. The minimum atomic E-state index is 0.161. The molecule has 2 aromatic rings. The molecule has 1 aliphatic heterocycles. The van der Waals surface area contributed by atoms with Crippen molar-refractivity contribution in [1.82, 2.24) is 0 Å². The van der Waals surface area contributed by atoms with Crippen LogP contribution >= 0.6 is 0 Å². The second kappa shape index (κ2) is 9.35. The van der Waals surface area contributed by atoms with E-state index in [2.05, 4.69) is 27.3 Å². The standard InChI is InChI=1S/C22H30N4O2/c1-16(2)28-20-9-7-18(8-10-20)25-22(23)24-14-17-11-12-26(15-17)19-5-4-6-21(13-19)27-3/h4-10,13,16-17H,11-12,14-15H2,1-3H3,(H3,23,24,25). The Morgan fingerprint density at radius 1 is 1.21 bits per heavy atom. The van der Waals surface area contributed by atoms with Crippen LogP contribution in [0, 0.1) is 5.92 Å². The quantitative estimate of drug-likeness (QED) is 0.564. The number of ether oxygens (including phenoxy) is 2. The summed E-state index contributed by atoms with van der Waals surface area (Å²) in [4.78, 5) is 6.91. The molecule has 3 N–H and O–H groups in total. The van der Waals surface area contributed by atoms with E-state index in [-0.39, 0.29) is 6.10 Å². The number of anilines is 2. The van der Waals surface area contributed by atoms with Gasteiger partial charge >= 0.3 is 0 Å². The zero-order valence-electron chi connectivity index (χ0n) is 16.9. The van der Waals surface area contributed by atoms with Gasteiger partial charge in [-0.25, -0.2) is 0 Å². The molecule has 0 amide bonds. The normalized spacial score (nSPS) is 17.1. The summed E-state index contributed by atoms with van der Waals surface area (Å²) < 4.78 is 11.0. The number of hydrogen-bond donors (Lipinski definition) is 2. The molecule has 1 atom stereocenters. The van der Waals surface area contributed by atoms with E-state index in [0.29, 0.717) is 18.4 Å². The van der Waals surface area contributed by atoms with Crippen LogP contribution in [0.1, 0.15) is 20.3 Å². The molecule has 0 aromatic heterocycles. The van der Waals surface area contributed by atoms with Crippen molar-refractivity contribution in [1.29, 1.82) is 0 Å². The van der Waals surface area contributed by atoms with Gasteiger partial charge in [-0.1, -0.05) is 6.07 Å². The van der Waals surface area contributed by atoms with Crippen molar-refractivity contribution in [3.63, 3.8) is 0 Å². The van der Waals surface area contributed by atoms with Crippen LogP contribution in [-0.4, -0.2) is 38.8 Å². The van der Waals surface area contributed by atoms with Gasteiger partial charge in [-0.3, -0.25) is 4.99 Å². The number of benzene rings is 2. The predicted octanol–water partition coefficient (Wildman–Crippen LogP) is 3.74. The van der Waals surface area contributed by atoms with Crippen LogP contribution in [0.4, 0.5) is 11.4 Å². The van der Waals surface area contributed by atoms with E-state index >= 15 is 0 Å². The first-order valence-corrected chi connectivity index (χ1v) is 9.76. The smallest absolute Gasteiger partial charge is 0.193 e. The molecule has 0 aliphatic carbocycles. The van der Waals surface area contributed by atoms with Crippen molar-refractivity contribution < 1.29 is 9.47 Å². The maximum atomic E-state index is 6.06. The summed E-state index contributed by atoms with van der Waals surface area (Å²) >= 11 is 0. The molecule has 0 radical (unpaired) electrons. The van der Waals surface area contributed by atoms with Crippen LogP contribution in [0.15, 0.2) is 53.5 Å². The molecule has 1 aliphatic rings. The third-order valence-electron chi connectivity index (χ3n) is 4.72. The highest BCUT2D eigenvalue weighted by Crippen LogP contribution is 2.27. The third-order valence-corrected chi connectivity index (χ3v) is 4.72. The molecule has 1 saturated heterocycles. The lowest BCUT2D eigenvalue weighted by molar-refractivity contribution is 0.242. The highest BCUT2D eigenvalue weighted by Gasteiger charge is 2.22. The summed E-state index contributed by atoms with van der Waals surface area (Å²) in [5.41, 5.74) is 8.16. The van der Waals surface area contributed by atoms with E-state index in [1.807, 2.05) is 50.2 Å². The SMILES string of the molecule is COc1cccc(N2CCC(CN=C(N)Nc3ccc(OC(C)C)cc3)C2)c1. The first kappa shape index (κ1) is 19.9. The van der Waals surface area contributed by atoms with Gasteiger partial charge in [0.1, 0.15) is 11.5 Å². The molecule has 3 rings (SSSR count). The fraction of sp³-hybridized carbons (Fsp3) is 0.409. The minimum Gasteiger partial charge on any atom is -0.497 e. The molecular formula is C22H30N4O2. The number of aliphatic imine (C=N–C) groups is 1. The maximum absolute atomic E-state index is 6.06. The molecule has 1 fully saturated rings. The topological polar surface area (TPSA) is 72.1 Å². The van der Waals surface area contributed by atoms with E-state index in [4.69, 9.17) is 15.2 Å². The van der Waals surface area contributed by atoms with Crippen LogP contribution in [0.3, 0.4) is 0 Å². The van der Waals surface area contributed by atoms with E-state index in [1.54, 1.807) is 7.11 Å². The Hall–Kier alpha value is -2.89. The number of nitrogens with one attached hydrogen (secondary N) is 1. The summed E-state index contributed by atoms with van der Waals surface area (Å²) in [6.45, 7) is 6.74. The van der Waals surface area contributed by atoms with E-state index < -0.39 is 0 Å². The van der Waals surface area contributed by atoms with Gasteiger partial charge in [0.05, 0.1) is 13.2 Å². The first-order chi connectivity index (χ1) is 13.5. The fourth-order valence-corrected chi connectivity index (χ4v) is 3.33. The summed E-state index contributed by atoms with van der Waals surface area (Å²) in [6, 6.07) is 15.9. The lowest BCUT2D eigenvalue weighted by atomic mass is 10.1. The molecule has 28 heavy (non-hydrogen) atoms. The Balaban J connectivity index is 1.49. The summed E-state index contributed by atoms with van der Waals surface area (Å²) in [5.74, 6) is 2.67. The van der Waals surface area contributed by atoms with Crippen LogP contribution < -0.4 is 25.4 Å². The van der Waals surface area contributed by atoms with Gasteiger partial charge in [0.25, 0.3) is 0 Å². The van der Waals surface area contributed by atoms with E-state index in [0.717, 1.165) is 36.7 Å². The van der Waals surface area contributed by atoms with Crippen LogP contribution in [0.2, 0.25) is 0 Å². The second-order valence-corrected chi connectivity index (χ2v) is 7.34. The molecule has 6 nitrogen and oxygen atoms in total. The van der Waals surface area contributed by atoms with Gasteiger partial charge in [-0.15, -0.1) is 0 Å². The van der Waals surface area contributed by atoms with Crippen molar-refractivity contribution in [2.24, 2.45) is 16.6 Å². The van der Waals surface area contributed by atoms with E-state index in [9.17, 15) is 0 Å². The molecule has 150 valence electrons. The van der Waals surface area contributed by atoms with Crippen LogP contribution in [-0.2, 0) is 0 Å². The third kappa shape index (κ3) is 5.55. The lowest BCUT2D eigenvalue weighted by Crippen LogP contribution is -2.25. The van der Waals surface area contributed by atoms with Crippen molar-refractivity contribution in [2.45, 2.75) is 26.4 Å². The Bertz CT molecular complexity index is 789. The average Bonchev–Trinajstić information content (AvgIpc) is 3.17. The van der Waals surface area contributed by atoms with E-state index in [1.165, 1.54) is 5.69 Å². The van der Waals surface area contributed by atoms with Crippen LogP contribution in [0.5, 0.6) is 11.5 Å². The van der Waals surface area contributed by atoms with Gasteiger partial charge in [-0.05, 0) is 62.6 Å². The molecule has 1 heterocycles. The zero-order valence-corrected chi connectivity index (χ0v) is 16.9. The largest absolute Gasteiger partial charge is 0.497 e. The fourth-order valence-electron chi connectivity index (χ4n) is 3.33. The van der Waals surface area contributed by atoms with Gasteiger partial charge in [0, 0.05) is 37.1 Å². The monoisotopic (exact) mass is 382 g/mol. The number of nitrogens with zero attached hydrogens (tertiary/aromatic N) is 2. The number of rotatable bonds is 7. The molecule has 2 aromatic carbocycles. The minimum absolute atomic E-state index is 0.161. The Labute approximate surface area is 167 Å². The average molecular weight is 383 g/mol. The van der Waals surface area contributed by atoms with Crippen molar-refractivity contribution in [2.75, 3.05) is 37.0 Å². The number of guanidine groups is 1. The van der Waals surface area contributed by atoms with Gasteiger partial charge in [0.2, 0.25) is 0 Å². The number of methoxy groups -OCH3 is 1.